The molecule has 0 atom stereocenters. The molecule has 1 aliphatic heterocycles. The van der Waals surface area contributed by atoms with Crippen molar-refractivity contribution in [2.24, 2.45) is 7.05 Å². The number of ether oxygens (including phenoxy) is 1. The van der Waals surface area contributed by atoms with Crippen LogP contribution in [0.3, 0.4) is 0 Å². The van der Waals surface area contributed by atoms with Crippen LogP contribution in [0.25, 0.3) is 16.9 Å². The largest absolute Gasteiger partial charge is 0.379 e. The Balaban J connectivity index is 1.53. The number of aromatic nitrogens is 5. The van der Waals surface area contributed by atoms with Crippen LogP contribution in [0.15, 0.2) is 40.1 Å². The summed E-state index contributed by atoms with van der Waals surface area (Å²) in [5, 5.41) is 0. The quantitative estimate of drug-likeness (QED) is 0.445. The number of imidazole rings is 2. The molecule has 1 saturated heterocycles. The molecule has 1 aromatic carbocycles. The van der Waals surface area contributed by atoms with E-state index < -0.39 is 0 Å². The molecule has 0 spiro atoms. The Hall–Kier alpha value is -3.17. The number of nitrogens with zero attached hydrogens (tertiary/aromatic N) is 6. The minimum Gasteiger partial charge on any atom is -0.379 e. The van der Waals surface area contributed by atoms with Crippen molar-refractivity contribution in [2.75, 3.05) is 32.8 Å². The lowest BCUT2D eigenvalue weighted by molar-refractivity contribution is 0.0369. The molecule has 9 nitrogen and oxygen atoms in total. The maximum atomic E-state index is 13.5. The predicted molar refractivity (Wildman–Crippen MR) is 127 cm³/mol. The van der Waals surface area contributed by atoms with Crippen LogP contribution in [0.5, 0.6) is 0 Å². The maximum Gasteiger partial charge on any atom is 0.332 e. The van der Waals surface area contributed by atoms with Crippen molar-refractivity contribution in [3.8, 4) is 0 Å². The molecule has 1 fully saturated rings. The summed E-state index contributed by atoms with van der Waals surface area (Å²) in [4.78, 5) is 33.7. The van der Waals surface area contributed by atoms with Gasteiger partial charge in [-0.25, -0.2) is 4.79 Å². The molecule has 5 rings (SSSR count). The van der Waals surface area contributed by atoms with E-state index in [1.807, 2.05) is 48.7 Å². The molecule has 4 aromatic rings. The summed E-state index contributed by atoms with van der Waals surface area (Å²) in [7, 11) is 1.68. The first-order chi connectivity index (χ1) is 16.0. The Morgan fingerprint density at radius 2 is 1.79 bits per heavy atom. The summed E-state index contributed by atoms with van der Waals surface area (Å²) in [6, 6.07) is 7.81. The highest BCUT2D eigenvalue weighted by Gasteiger charge is 2.20. The van der Waals surface area contributed by atoms with Crippen LogP contribution >= 0.6 is 0 Å². The lowest BCUT2D eigenvalue weighted by Gasteiger charge is -2.26. The Labute approximate surface area is 191 Å². The summed E-state index contributed by atoms with van der Waals surface area (Å²) in [6.45, 7) is 9.57. The zero-order valence-corrected chi connectivity index (χ0v) is 19.5. The zero-order valence-electron chi connectivity index (χ0n) is 19.5. The first-order valence-electron chi connectivity index (χ1n) is 11.5. The van der Waals surface area contributed by atoms with Gasteiger partial charge in [0.1, 0.15) is 0 Å². The number of hydrogen-bond donors (Lipinski definition) is 0. The van der Waals surface area contributed by atoms with Gasteiger partial charge in [0.15, 0.2) is 11.2 Å². The van der Waals surface area contributed by atoms with Crippen molar-refractivity contribution in [3.05, 3.63) is 68.1 Å². The first kappa shape index (κ1) is 21.7. The number of fused-ring (bicyclic) bond motifs is 3. The highest BCUT2D eigenvalue weighted by Crippen LogP contribution is 2.17. The molecular formula is C24H30N6O3. The first-order valence-corrected chi connectivity index (χ1v) is 11.5. The lowest BCUT2D eigenvalue weighted by atomic mass is 10.1. The van der Waals surface area contributed by atoms with Gasteiger partial charge in [0.05, 0.1) is 19.8 Å². The minimum absolute atomic E-state index is 0.237. The number of aryl methyl sites for hydroxylation is 4. The van der Waals surface area contributed by atoms with Crippen LogP contribution < -0.4 is 11.2 Å². The summed E-state index contributed by atoms with van der Waals surface area (Å²) in [5.41, 5.74) is 3.24. The van der Waals surface area contributed by atoms with Gasteiger partial charge in [0, 0.05) is 45.1 Å². The van der Waals surface area contributed by atoms with Crippen molar-refractivity contribution in [2.45, 2.75) is 33.4 Å². The third-order valence-corrected chi connectivity index (χ3v) is 6.69. The van der Waals surface area contributed by atoms with Gasteiger partial charge in [-0.1, -0.05) is 24.3 Å². The molecule has 0 amide bonds. The molecule has 3 aromatic heterocycles. The normalized spacial score (nSPS) is 15.1. The van der Waals surface area contributed by atoms with E-state index in [0.717, 1.165) is 62.6 Å². The minimum atomic E-state index is -0.355. The van der Waals surface area contributed by atoms with Gasteiger partial charge in [-0.2, -0.15) is 4.98 Å². The van der Waals surface area contributed by atoms with E-state index in [1.54, 1.807) is 7.05 Å². The average Bonchev–Trinajstić information content (AvgIpc) is 3.32. The van der Waals surface area contributed by atoms with Gasteiger partial charge in [-0.15, -0.1) is 0 Å². The van der Waals surface area contributed by atoms with Crippen molar-refractivity contribution in [1.82, 2.24) is 28.0 Å². The van der Waals surface area contributed by atoms with Gasteiger partial charge < -0.3 is 9.30 Å². The summed E-state index contributed by atoms with van der Waals surface area (Å²) in [6.07, 6.45) is 2.92. The summed E-state index contributed by atoms with van der Waals surface area (Å²) >= 11 is 0. The Morgan fingerprint density at radius 3 is 2.55 bits per heavy atom. The van der Waals surface area contributed by atoms with Crippen LogP contribution in [0, 0.1) is 13.8 Å². The molecule has 0 saturated carbocycles. The maximum absolute atomic E-state index is 13.5. The van der Waals surface area contributed by atoms with E-state index in [-0.39, 0.29) is 17.8 Å². The molecule has 33 heavy (non-hydrogen) atoms. The van der Waals surface area contributed by atoms with E-state index in [0.29, 0.717) is 16.9 Å². The molecule has 0 radical (unpaired) electrons. The summed E-state index contributed by atoms with van der Waals surface area (Å²) in [5.74, 6) is 0.699. The van der Waals surface area contributed by atoms with Crippen LogP contribution in [0.4, 0.5) is 0 Å². The van der Waals surface area contributed by atoms with E-state index >= 15 is 0 Å². The lowest BCUT2D eigenvalue weighted by Crippen LogP contribution is -2.39. The average molecular weight is 451 g/mol. The van der Waals surface area contributed by atoms with Crippen molar-refractivity contribution >= 4 is 16.9 Å². The van der Waals surface area contributed by atoms with Crippen molar-refractivity contribution in [3.63, 3.8) is 0 Å². The van der Waals surface area contributed by atoms with Crippen LogP contribution in [-0.2, 0) is 24.9 Å². The van der Waals surface area contributed by atoms with Gasteiger partial charge in [0.2, 0.25) is 5.78 Å². The molecule has 0 aliphatic carbocycles. The molecule has 9 heteroatoms. The van der Waals surface area contributed by atoms with Gasteiger partial charge in [0.25, 0.3) is 5.56 Å². The van der Waals surface area contributed by atoms with Crippen LogP contribution in [0.1, 0.15) is 23.2 Å². The SMILES string of the molecule is Cc1ccccc1Cn1c(=O)c2c(nc3n(CCCN4CCOCC4)c(C)cn23)n(C)c1=O. The number of rotatable bonds is 6. The summed E-state index contributed by atoms with van der Waals surface area (Å²) < 4.78 is 12.2. The Kier molecular flexibility index (Phi) is 5.67. The van der Waals surface area contributed by atoms with Gasteiger partial charge >= 0.3 is 5.69 Å². The fourth-order valence-corrected chi connectivity index (χ4v) is 4.71. The zero-order chi connectivity index (χ0) is 23.1. The predicted octanol–water partition coefficient (Wildman–Crippen LogP) is 1.54. The highest BCUT2D eigenvalue weighted by molar-refractivity contribution is 5.75. The second-order valence-electron chi connectivity index (χ2n) is 8.84. The Bertz CT molecular complexity index is 1430. The second kappa shape index (κ2) is 8.64. The van der Waals surface area contributed by atoms with Crippen LogP contribution in [-0.4, -0.2) is 60.8 Å². The number of morpholine rings is 1. The van der Waals surface area contributed by atoms with Gasteiger partial charge in [-0.3, -0.25) is 23.2 Å². The van der Waals surface area contributed by atoms with E-state index in [9.17, 15) is 9.59 Å². The molecule has 4 heterocycles. The molecule has 174 valence electrons. The molecule has 0 bridgehead atoms. The second-order valence-corrected chi connectivity index (χ2v) is 8.84. The van der Waals surface area contributed by atoms with Crippen molar-refractivity contribution in [1.29, 1.82) is 0 Å². The monoisotopic (exact) mass is 450 g/mol. The fraction of sp³-hybridized carbons (Fsp3) is 0.458. The standard InChI is InChI=1S/C24H30N6O3/c1-17-7-4-5-8-19(17)16-30-22(31)20-21(26(3)24(30)32)25-23-28(18(2)15-29(20)23)10-6-9-27-11-13-33-14-12-27/h4-5,7-8,15H,6,9-14,16H2,1-3H3. The topological polar surface area (TPSA) is 78.7 Å². The molecule has 0 N–H and O–H groups in total. The smallest absolute Gasteiger partial charge is 0.332 e. The van der Waals surface area contributed by atoms with E-state index in [4.69, 9.17) is 9.72 Å². The third-order valence-electron chi connectivity index (χ3n) is 6.69. The van der Waals surface area contributed by atoms with Crippen molar-refractivity contribution < 1.29 is 4.74 Å². The number of benzene rings is 1. The fourth-order valence-electron chi connectivity index (χ4n) is 4.71. The third kappa shape index (κ3) is 3.81. The van der Waals surface area contributed by atoms with Crippen LogP contribution in [0.2, 0.25) is 0 Å². The molecular weight excluding hydrogens is 420 g/mol. The molecule has 1 aliphatic rings. The molecule has 0 unspecified atom stereocenters. The highest BCUT2D eigenvalue weighted by atomic mass is 16.5. The van der Waals surface area contributed by atoms with E-state index in [2.05, 4.69) is 9.47 Å². The van der Waals surface area contributed by atoms with E-state index in [1.165, 1.54) is 9.13 Å². The number of hydrogen-bond acceptors (Lipinski definition) is 5. The Morgan fingerprint density at radius 1 is 1.03 bits per heavy atom. The van der Waals surface area contributed by atoms with Gasteiger partial charge in [-0.05, 0) is 31.4 Å².